The van der Waals surface area contributed by atoms with Gasteiger partial charge in [-0.05, 0) is 42.7 Å². The molecule has 3 rings (SSSR count). The number of carbonyl (C=O) groups is 1. The van der Waals surface area contributed by atoms with E-state index in [9.17, 15) is 4.79 Å². The Balaban J connectivity index is 2.05. The van der Waals surface area contributed by atoms with Crippen molar-refractivity contribution in [1.29, 1.82) is 0 Å². The van der Waals surface area contributed by atoms with Crippen LogP contribution in [0.25, 0.3) is 11.6 Å². The number of aryl methyl sites for hydroxylation is 1. The molecule has 0 fully saturated rings. The number of rotatable bonds is 2. The first-order valence-electron chi connectivity index (χ1n) is 6.65. The Bertz CT molecular complexity index is 713. The van der Waals surface area contributed by atoms with Gasteiger partial charge in [0.2, 0.25) is 0 Å². The van der Waals surface area contributed by atoms with E-state index in [4.69, 9.17) is 0 Å². The monoisotopic (exact) mass is 284 g/mol. The number of hydrogen-bond donors (Lipinski definition) is 1. The Labute approximate surface area is 122 Å². The van der Waals surface area contributed by atoms with Crippen LogP contribution in [0.3, 0.4) is 0 Å². The van der Waals surface area contributed by atoms with Gasteiger partial charge in [-0.15, -0.1) is 11.3 Å². The molecule has 2 aromatic rings. The van der Waals surface area contributed by atoms with Crippen LogP contribution >= 0.6 is 11.3 Å². The highest BCUT2D eigenvalue weighted by Crippen LogP contribution is 2.34. The molecule has 1 aliphatic rings. The van der Waals surface area contributed by atoms with Gasteiger partial charge in [-0.3, -0.25) is 9.78 Å². The molecule has 2 aromatic heterocycles. The Morgan fingerprint density at radius 1 is 1.40 bits per heavy atom. The van der Waals surface area contributed by atoms with E-state index in [1.54, 1.807) is 17.5 Å². The minimum atomic E-state index is -0.0733. The number of amides is 1. The van der Waals surface area contributed by atoms with Gasteiger partial charge in [0.05, 0.1) is 17.0 Å². The highest BCUT2D eigenvalue weighted by molar-refractivity contribution is 7.13. The minimum Gasteiger partial charge on any atom is -0.320 e. The van der Waals surface area contributed by atoms with Crippen molar-refractivity contribution in [3.05, 3.63) is 45.4 Å². The number of carbonyl (C=O) groups excluding carboxylic acids is 1. The fraction of sp³-hybridized carbons (Fsp3) is 0.250. The van der Waals surface area contributed by atoms with Crippen LogP contribution in [0.1, 0.15) is 40.8 Å². The van der Waals surface area contributed by atoms with Gasteiger partial charge in [0.1, 0.15) is 0 Å². The summed E-state index contributed by atoms with van der Waals surface area (Å²) in [7, 11) is 0. The fourth-order valence-corrected chi connectivity index (χ4v) is 3.58. The van der Waals surface area contributed by atoms with Crippen molar-refractivity contribution < 1.29 is 4.79 Å². The number of anilines is 1. The van der Waals surface area contributed by atoms with Crippen molar-refractivity contribution in [3.8, 4) is 0 Å². The number of fused-ring (bicyclic) bond motifs is 1. The van der Waals surface area contributed by atoms with Crippen molar-refractivity contribution in [2.75, 3.05) is 5.32 Å². The normalized spacial score (nSPS) is 15.8. The van der Waals surface area contributed by atoms with Gasteiger partial charge in [-0.2, -0.15) is 0 Å². The number of pyridine rings is 1. The maximum atomic E-state index is 12.0. The summed E-state index contributed by atoms with van der Waals surface area (Å²) in [6, 6.07) is 5.84. The molecule has 3 nitrogen and oxygen atoms in total. The zero-order valence-electron chi connectivity index (χ0n) is 11.7. The van der Waals surface area contributed by atoms with Crippen LogP contribution in [0.15, 0.2) is 24.4 Å². The highest BCUT2D eigenvalue weighted by atomic mass is 32.1. The molecule has 1 aliphatic heterocycles. The summed E-state index contributed by atoms with van der Waals surface area (Å²) in [6.45, 7) is 6.50. The average molecular weight is 284 g/mol. The number of thiophene rings is 1. The van der Waals surface area contributed by atoms with Crippen molar-refractivity contribution >= 4 is 34.6 Å². The lowest BCUT2D eigenvalue weighted by Gasteiger charge is -2.00. The standard InChI is InChI=1S/C16H16N2OS/c1-9(2)15-10(3)7-11(20-15)8-12-14-13(18-16(12)19)5-4-6-17-14/h4-9H,1-3H3,(H,18,19). The van der Waals surface area contributed by atoms with E-state index in [1.807, 2.05) is 18.2 Å². The van der Waals surface area contributed by atoms with Crippen molar-refractivity contribution in [2.24, 2.45) is 0 Å². The van der Waals surface area contributed by atoms with Gasteiger partial charge in [0.15, 0.2) is 0 Å². The van der Waals surface area contributed by atoms with Crippen LogP contribution in [0.5, 0.6) is 0 Å². The van der Waals surface area contributed by atoms with Crippen LogP contribution in [-0.2, 0) is 4.79 Å². The van der Waals surface area contributed by atoms with E-state index in [1.165, 1.54) is 10.4 Å². The van der Waals surface area contributed by atoms with E-state index in [0.29, 0.717) is 11.5 Å². The van der Waals surface area contributed by atoms with Crippen LogP contribution < -0.4 is 5.32 Å². The SMILES string of the molecule is Cc1cc(C=C2C(=O)Nc3cccnc32)sc1C(C)C. The highest BCUT2D eigenvalue weighted by Gasteiger charge is 2.25. The van der Waals surface area contributed by atoms with E-state index in [2.05, 4.69) is 37.1 Å². The molecule has 1 N–H and O–H groups in total. The molecule has 1 amide bonds. The van der Waals surface area contributed by atoms with Crippen LogP contribution in [0.2, 0.25) is 0 Å². The Kier molecular flexibility index (Phi) is 3.18. The molecule has 0 saturated carbocycles. The molecule has 0 bridgehead atoms. The summed E-state index contributed by atoms with van der Waals surface area (Å²) >= 11 is 1.75. The van der Waals surface area contributed by atoms with E-state index >= 15 is 0 Å². The summed E-state index contributed by atoms with van der Waals surface area (Å²) in [6.07, 6.45) is 3.66. The molecule has 3 heterocycles. The molecule has 4 heteroatoms. The van der Waals surface area contributed by atoms with Crippen LogP contribution in [-0.4, -0.2) is 10.9 Å². The lowest BCUT2D eigenvalue weighted by molar-refractivity contribution is -0.110. The van der Waals surface area contributed by atoms with Crippen molar-refractivity contribution in [2.45, 2.75) is 26.7 Å². The molecule has 0 aromatic carbocycles. The van der Waals surface area contributed by atoms with Gasteiger partial charge in [0.25, 0.3) is 5.91 Å². The molecule has 20 heavy (non-hydrogen) atoms. The van der Waals surface area contributed by atoms with Crippen LogP contribution in [0.4, 0.5) is 5.69 Å². The Hall–Kier alpha value is -1.94. The molecule has 0 aliphatic carbocycles. The first-order chi connectivity index (χ1) is 9.56. The summed E-state index contributed by atoms with van der Waals surface area (Å²) in [5, 5.41) is 2.85. The molecule has 0 saturated heterocycles. The largest absolute Gasteiger partial charge is 0.320 e. The van der Waals surface area contributed by atoms with Gasteiger partial charge in [0, 0.05) is 16.0 Å². The van der Waals surface area contributed by atoms with Gasteiger partial charge < -0.3 is 5.32 Å². The molecular formula is C16H16N2OS. The minimum absolute atomic E-state index is 0.0733. The topological polar surface area (TPSA) is 42.0 Å². The quantitative estimate of drug-likeness (QED) is 0.845. The third kappa shape index (κ3) is 2.16. The Morgan fingerprint density at radius 3 is 2.90 bits per heavy atom. The fourth-order valence-electron chi connectivity index (χ4n) is 2.46. The van der Waals surface area contributed by atoms with Gasteiger partial charge >= 0.3 is 0 Å². The lowest BCUT2D eigenvalue weighted by Crippen LogP contribution is -2.03. The van der Waals surface area contributed by atoms with Gasteiger partial charge in [-0.1, -0.05) is 13.8 Å². The summed E-state index contributed by atoms with van der Waals surface area (Å²) in [5.41, 5.74) is 3.48. The maximum absolute atomic E-state index is 12.0. The smallest absolute Gasteiger partial charge is 0.258 e. The third-order valence-corrected chi connectivity index (χ3v) is 4.83. The zero-order chi connectivity index (χ0) is 14.3. The number of hydrogen-bond acceptors (Lipinski definition) is 3. The maximum Gasteiger partial charge on any atom is 0.258 e. The van der Waals surface area contributed by atoms with E-state index in [-0.39, 0.29) is 5.91 Å². The molecule has 0 atom stereocenters. The van der Waals surface area contributed by atoms with Crippen LogP contribution in [0, 0.1) is 6.92 Å². The summed E-state index contributed by atoms with van der Waals surface area (Å²) in [4.78, 5) is 18.8. The second-order valence-corrected chi connectivity index (χ2v) is 6.38. The molecule has 102 valence electrons. The first kappa shape index (κ1) is 13.1. The van der Waals surface area contributed by atoms with E-state index < -0.39 is 0 Å². The molecule has 0 spiro atoms. The molecular weight excluding hydrogens is 268 g/mol. The van der Waals surface area contributed by atoms with Crippen molar-refractivity contribution in [1.82, 2.24) is 4.98 Å². The zero-order valence-corrected chi connectivity index (χ0v) is 12.5. The molecule has 0 radical (unpaired) electrons. The van der Waals surface area contributed by atoms with Crippen molar-refractivity contribution in [3.63, 3.8) is 0 Å². The number of nitrogens with one attached hydrogen (secondary N) is 1. The second-order valence-electron chi connectivity index (χ2n) is 5.26. The number of nitrogens with zero attached hydrogens (tertiary/aromatic N) is 1. The lowest BCUT2D eigenvalue weighted by atomic mass is 10.1. The third-order valence-electron chi connectivity index (χ3n) is 3.34. The predicted molar refractivity (Wildman–Crippen MR) is 83.9 cm³/mol. The molecule has 0 unspecified atom stereocenters. The predicted octanol–water partition coefficient (Wildman–Crippen LogP) is 4.07. The summed E-state index contributed by atoms with van der Waals surface area (Å²) in [5.74, 6) is 0.436. The first-order valence-corrected chi connectivity index (χ1v) is 7.46. The van der Waals surface area contributed by atoms with E-state index in [0.717, 1.165) is 16.3 Å². The second kappa shape index (κ2) is 4.87. The summed E-state index contributed by atoms with van der Waals surface area (Å²) < 4.78 is 0. The van der Waals surface area contributed by atoms with Gasteiger partial charge in [-0.25, -0.2) is 0 Å². The number of aromatic nitrogens is 1. The Morgan fingerprint density at radius 2 is 2.20 bits per heavy atom. The average Bonchev–Trinajstić information content (AvgIpc) is 2.92.